The Morgan fingerprint density at radius 1 is 0.328 bits per heavy atom. The normalized spacial score (nSPS) is 10.7. The van der Waals surface area contributed by atoms with Crippen LogP contribution in [0.3, 0.4) is 0 Å². The fourth-order valence-corrected chi connectivity index (χ4v) is 13.2. The van der Waals surface area contributed by atoms with Crippen molar-refractivity contribution in [3.63, 3.8) is 0 Å². The largest absolute Gasteiger partial charge is 0.417 e. The number of carbonyl (C=O) groups is 5. The van der Waals surface area contributed by atoms with E-state index in [0.29, 0.717) is 96.1 Å². The van der Waals surface area contributed by atoms with E-state index in [9.17, 15) is 63.5 Å². The topological polar surface area (TPSA) is 269 Å². The summed E-state index contributed by atoms with van der Waals surface area (Å²) < 4.78 is 124. The number of aromatic nitrogens is 13. The van der Waals surface area contributed by atoms with Crippen LogP contribution >= 0.6 is 11.3 Å². The van der Waals surface area contributed by atoms with Crippen molar-refractivity contribution in [2.45, 2.75) is 66.0 Å². The van der Waals surface area contributed by atoms with Crippen molar-refractivity contribution >= 4 is 97.1 Å². The molecule has 650 valence electrons. The maximum absolute atomic E-state index is 14.3. The first-order chi connectivity index (χ1) is 61.3. The average molecular weight is 1760 g/mol. The van der Waals surface area contributed by atoms with Gasteiger partial charge in [-0.15, -0.1) is 11.3 Å². The number of ketones is 5. The summed E-state index contributed by atoms with van der Waals surface area (Å²) in [4.78, 5) is 121. The van der Waals surface area contributed by atoms with Gasteiger partial charge in [0.2, 0.25) is 0 Å². The number of pyridine rings is 4. The minimum absolute atomic E-state index is 0.000184. The molecule has 0 aliphatic rings. The fourth-order valence-electron chi connectivity index (χ4n) is 12.7. The molecule has 0 N–H and O–H groups in total. The molecular weight excluding hydrogens is 1680 g/mol. The van der Waals surface area contributed by atoms with Crippen LogP contribution in [-0.4, -0.2) is 129 Å². The zero-order valence-corrected chi connectivity index (χ0v) is 71.2. The number of thiazole rings is 1. The van der Waals surface area contributed by atoms with Crippen LogP contribution in [0.1, 0.15) is 108 Å². The molecule has 0 bridgehead atoms. The Labute approximate surface area is 734 Å². The van der Waals surface area contributed by atoms with Crippen molar-refractivity contribution in [2.75, 3.05) is 59.7 Å². The van der Waals surface area contributed by atoms with Gasteiger partial charge in [0.25, 0.3) is 0 Å². The summed E-state index contributed by atoms with van der Waals surface area (Å²) in [5.41, 5.74) is 13.2. The molecule has 9 aromatic heterocycles. The molecule has 0 spiro atoms. The highest BCUT2D eigenvalue weighted by atomic mass is 32.1. The third kappa shape index (κ3) is 25.9. The van der Waals surface area contributed by atoms with Crippen molar-refractivity contribution in [1.82, 2.24) is 64.8 Å². The van der Waals surface area contributed by atoms with E-state index in [1.807, 2.05) is 57.2 Å². The SMILES string of the molecule is CN(c1cncnc1)c1cc(CC(=O)c2cscn2)cc(F)c1F.Cc1cccc(C(=O)Cc2cc(F)c(F)c(N(C)c3cncnc3)c2)n1.Cc1cccc(C(=O)Cc2cc(F)cc(N(C)c3cncnc3)c2)n1.Cc1cccc(C(=O)Cc2ccc(F)c(N(C)c3cncnc3)c2)n1.Cc1cccc(C(=O)Cc2cccc(N(C)c3cncc(C(F)(F)F)c3)c2)c1. The zero-order chi connectivity index (χ0) is 91.7. The summed E-state index contributed by atoms with van der Waals surface area (Å²) >= 11 is 1.30. The predicted octanol–water partition coefficient (Wildman–Crippen LogP) is 19.7. The second-order valence-corrected chi connectivity index (χ2v) is 29.7. The van der Waals surface area contributed by atoms with Crippen molar-refractivity contribution in [1.29, 1.82) is 0 Å². The van der Waals surface area contributed by atoms with Gasteiger partial charge in [-0.3, -0.25) is 43.9 Å². The number of hydrogen-bond acceptors (Lipinski definition) is 24. The third-order valence-electron chi connectivity index (χ3n) is 19.4. The van der Waals surface area contributed by atoms with Crippen molar-refractivity contribution in [3.05, 3.63) is 387 Å². The van der Waals surface area contributed by atoms with Gasteiger partial charge in [0.15, 0.2) is 52.2 Å². The van der Waals surface area contributed by atoms with Crippen LogP contribution in [0, 0.1) is 62.6 Å². The molecule has 9 heterocycles. The molecule has 23 nitrogen and oxygen atoms in total. The van der Waals surface area contributed by atoms with Crippen LogP contribution in [-0.2, 0) is 38.3 Å². The molecule has 33 heteroatoms. The molecule has 0 saturated heterocycles. The molecule has 0 radical (unpaired) electrons. The first kappa shape index (κ1) is 93.3. The van der Waals surface area contributed by atoms with Gasteiger partial charge >= 0.3 is 6.18 Å². The number of halogens is 9. The first-order valence-electron chi connectivity index (χ1n) is 39.1. The van der Waals surface area contributed by atoms with E-state index in [-0.39, 0.29) is 78.2 Å². The Hall–Kier alpha value is -15.4. The van der Waals surface area contributed by atoms with Crippen LogP contribution in [0.25, 0.3) is 0 Å². The minimum atomic E-state index is -4.45. The summed E-state index contributed by atoms with van der Waals surface area (Å²) in [7, 11) is 8.33. The van der Waals surface area contributed by atoms with Crippen molar-refractivity contribution in [3.8, 4) is 0 Å². The summed E-state index contributed by atoms with van der Waals surface area (Å²) in [6.45, 7) is 7.37. The third-order valence-corrected chi connectivity index (χ3v) is 20.0. The van der Waals surface area contributed by atoms with E-state index in [1.54, 1.807) is 177 Å². The van der Waals surface area contributed by atoms with Crippen LogP contribution in [0.2, 0.25) is 0 Å². The van der Waals surface area contributed by atoms with E-state index >= 15 is 0 Å². The first-order valence-corrected chi connectivity index (χ1v) is 40.0. The number of Topliss-reactive ketones (excluding diaryl/α,β-unsaturated/α-hetero) is 5. The Morgan fingerprint density at radius 2 is 0.719 bits per heavy atom. The van der Waals surface area contributed by atoms with Gasteiger partial charge < -0.3 is 24.5 Å². The summed E-state index contributed by atoms with van der Waals surface area (Å²) in [5.74, 6) is -5.59. The summed E-state index contributed by atoms with van der Waals surface area (Å²) in [6.07, 6.45) is 16.0. The Bertz CT molecular complexity index is 6380. The predicted molar refractivity (Wildman–Crippen MR) is 470 cm³/mol. The van der Waals surface area contributed by atoms with Crippen LogP contribution < -0.4 is 24.5 Å². The highest BCUT2D eigenvalue weighted by Gasteiger charge is 2.32. The van der Waals surface area contributed by atoms with Gasteiger partial charge in [0, 0.05) is 113 Å². The number of anilines is 10. The van der Waals surface area contributed by atoms with E-state index < -0.39 is 40.8 Å². The Kier molecular flexibility index (Phi) is 31.9. The van der Waals surface area contributed by atoms with Gasteiger partial charge in [-0.2, -0.15) is 13.2 Å². The number of rotatable bonds is 25. The number of nitrogens with zero attached hydrogens (tertiary/aromatic N) is 18. The summed E-state index contributed by atoms with van der Waals surface area (Å²) in [6, 6.07) is 45.5. The van der Waals surface area contributed by atoms with Gasteiger partial charge in [0.05, 0.1) is 112 Å². The quantitative estimate of drug-likeness (QED) is 0.0380. The van der Waals surface area contributed by atoms with Gasteiger partial charge in [0.1, 0.15) is 59.7 Å². The van der Waals surface area contributed by atoms with E-state index in [2.05, 4.69) is 64.8 Å². The lowest BCUT2D eigenvalue weighted by molar-refractivity contribution is -0.137. The monoisotopic (exact) mass is 1760 g/mol. The molecule has 15 rings (SSSR count). The molecule has 0 aliphatic heterocycles. The zero-order valence-electron chi connectivity index (χ0n) is 70.3. The molecule has 15 aromatic rings. The fraction of sp³-hybridized carbons (Fsp3) is 0.158. The van der Waals surface area contributed by atoms with E-state index in [4.69, 9.17) is 0 Å². The molecule has 0 fully saturated rings. The molecule has 0 amide bonds. The lowest BCUT2D eigenvalue weighted by atomic mass is 10.0. The second-order valence-electron chi connectivity index (χ2n) is 28.9. The molecule has 6 aromatic carbocycles. The molecule has 128 heavy (non-hydrogen) atoms. The maximum Gasteiger partial charge on any atom is 0.417 e. The number of carbonyl (C=O) groups excluding carboxylic acids is 5. The minimum Gasteiger partial charge on any atom is -0.343 e. The van der Waals surface area contributed by atoms with E-state index in [1.165, 1.54) is 108 Å². The second kappa shape index (κ2) is 43.8. The molecule has 0 aliphatic carbocycles. The molecule has 0 atom stereocenters. The smallest absolute Gasteiger partial charge is 0.343 e. The van der Waals surface area contributed by atoms with E-state index in [0.717, 1.165) is 52.6 Å². The number of aryl methyl sites for hydroxylation is 4. The average Bonchev–Trinajstić information content (AvgIpc) is 0.940. The van der Waals surface area contributed by atoms with Crippen molar-refractivity contribution < 1.29 is 63.5 Å². The Morgan fingerprint density at radius 3 is 1.17 bits per heavy atom. The lowest BCUT2D eigenvalue weighted by Gasteiger charge is -2.21. The van der Waals surface area contributed by atoms with Gasteiger partial charge in [-0.1, -0.05) is 60.2 Å². The lowest BCUT2D eigenvalue weighted by Crippen LogP contribution is -2.14. The number of benzene rings is 6. The van der Waals surface area contributed by atoms with Crippen LogP contribution in [0.15, 0.2) is 268 Å². The highest BCUT2D eigenvalue weighted by Crippen LogP contribution is 2.36. The van der Waals surface area contributed by atoms with Gasteiger partial charge in [-0.25, -0.2) is 71.2 Å². The Balaban J connectivity index is 0.000000155. The maximum atomic E-state index is 14.3. The number of alkyl halides is 3. The number of hydrogen-bond donors (Lipinski definition) is 0. The molecular formula is C95H81F9N18O5S. The summed E-state index contributed by atoms with van der Waals surface area (Å²) in [5, 5.41) is 1.62. The molecule has 0 saturated carbocycles. The highest BCUT2D eigenvalue weighted by molar-refractivity contribution is 7.07. The molecule has 0 unspecified atom stereocenters. The van der Waals surface area contributed by atoms with Crippen molar-refractivity contribution in [2.24, 2.45) is 0 Å². The van der Waals surface area contributed by atoms with Crippen LogP contribution in [0.4, 0.5) is 96.4 Å². The van der Waals surface area contributed by atoms with Gasteiger partial charge in [-0.05, 0) is 171 Å². The standard InChI is InChI=1S/C22H19F3N2O.C19H16F2N4O.2C19H17FN4O.C16H12F2N4OS/c1-15-5-3-7-17(9-15)21(28)11-16-6-4-8-19(10-16)27(2)20-12-18(13-26-14-20)22(23,24)25;1-12-4-3-5-16(24-12)18(26)8-13-6-15(20)19(21)17(7-13)25(2)14-9-22-11-23-10-14;1-13-4-3-5-18(23-13)19(25)8-14-6-15(20)9-16(7-14)24(2)17-10-21-12-22-11-17;1-13-4-3-5-17(23-13)19(25)9-14-6-7-16(20)18(8-14)24(2)15-10-21-12-22-11-15;1-22(11-5-19-8-20-6-11)14-3-10(2-12(17)16(14)18)4-15(23)13-7-24-9-21-13/h3-10,12-14H,11H2,1-2H3;3-7,9-11H,8H2,1-2H3;3-7,9-12H,8H2,1-2H3;3-8,10-12H,9H2,1-2H3;2-3,5-9H,4H2,1H3. The van der Waals surface area contributed by atoms with Crippen LogP contribution in [0.5, 0.6) is 0 Å².